The SMILES string of the molecule is Cc1ccc(S(=O)(=O)Oc2ccccc2NC(=O)Nc2cccc(OS(=O)(=O)c3ccccc3)c2)cc1. The zero-order chi connectivity index (χ0) is 26.5. The first kappa shape index (κ1) is 25.7. The molecule has 0 bridgehead atoms. The molecule has 0 unspecified atom stereocenters. The van der Waals surface area contributed by atoms with Crippen LogP contribution in [0.2, 0.25) is 0 Å². The molecule has 4 rings (SSSR count). The summed E-state index contributed by atoms with van der Waals surface area (Å²) in [5.41, 5.74) is 1.24. The molecule has 0 aliphatic heterocycles. The van der Waals surface area contributed by atoms with Crippen LogP contribution in [0.25, 0.3) is 0 Å². The first-order chi connectivity index (χ1) is 17.6. The van der Waals surface area contributed by atoms with Crippen molar-refractivity contribution in [2.24, 2.45) is 0 Å². The monoisotopic (exact) mass is 538 g/mol. The van der Waals surface area contributed by atoms with Gasteiger partial charge in [0.25, 0.3) is 0 Å². The summed E-state index contributed by atoms with van der Waals surface area (Å²) in [5, 5.41) is 5.09. The lowest BCUT2D eigenvalue weighted by Crippen LogP contribution is -2.20. The summed E-state index contributed by atoms with van der Waals surface area (Å²) in [6.07, 6.45) is 0. The number of aryl methyl sites for hydroxylation is 1. The van der Waals surface area contributed by atoms with Crippen molar-refractivity contribution < 1.29 is 30.0 Å². The van der Waals surface area contributed by atoms with Crippen LogP contribution in [-0.2, 0) is 20.2 Å². The van der Waals surface area contributed by atoms with Crippen molar-refractivity contribution in [1.82, 2.24) is 0 Å². The summed E-state index contributed by atoms with van der Waals surface area (Å²) in [7, 11) is -8.20. The van der Waals surface area contributed by atoms with Crippen LogP contribution < -0.4 is 19.0 Å². The Morgan fingerprint density at radius 2 is 1.27 bits per heavy atom. The van der Waals surface area contributed by atoms with Crippen LogP contribution in [0.4, 0.5) is 16.2 Å². The van der Waals surface area contributed by atoms with E-state index in [1.54, 1.807) is 42.5 Å². The summed E-state index contributed by atoms with van der Waals surface area (Å²) in [4.78, 5) is 12.6. The van der Waals surface area contributed by atoms with E-state index in [0.29, 0.717) is 0 Å². The molecule has 4 aromatic rings. The zero-order valence-corrected chi connectivity index (χ0v) is 21.1. The maximum atomic E-state index is 12.7. The molecule has 37 heavy (non-hydrogen) atoms. The Kier molecular flexibility index (Phi) is 7.46. The van der Waals surface area contributed by atoms with Crippen LogP contribution in [0.3, 0.4) is 0 Å². The van der Waals surface area contributed by atoms with Gasteiger partial charge < -0.3 is 19.0 Å². The lowest BCUT2D eigenvalue weighted by Gasteiger charge is -2.13. The highest BCUT2D eigenvalue weighted by atomic mass is 32.2. The fourth-order valence-corrected chi connectivity index (χ4v) is 5.08. The Labute approximate surface area is 214 Å². The Balaban J connectivity index is 1.46. The summed E-state index contributed by atoms with van der Waals surface area (Å²) in [6, 6.07) is 25.0. The molecule has 9 nitrogen and oxygen atoms in total. The smallest absolute Gasteiger partial charge is 0.339 e. The first-order valence-electron chi connectivity index (χ1n) is 10.9. The van der Waals surface area contributed by atoms with Crippen molar-refractivity contribution in [3.8, 4) is 11.5 Å². The highest BCUT2D eigenvalue weighted by molar-refractivity contribution is 7.87. The van der Waals surface area contributed by atoms with Crippen LogP contribution in [0.15, 0.2) is 113 Å². The van der Waals surface area contributed by atoms with E-state index in [0.717, 1.165) is 5.56 Å². The third-order valence-electron chi connectivity index (χ3n) is 4.97. The first-order valence-corrected chi connectivity index (χ1v) is 13.7. The minimum atomic E-state index is -4.14. The summed E-state index contributed by atoms with van der Waals surface area (Å²) in [6.45, 7) is 1.83. The van der Waals surface area contributed by atoms with E-state index >= 15 is 0 Å². The van der Waals surface area contributed by atoms with Crippen LogP contribution in [0.1, 0.15) is 5.56 Å². The standard InChI is InChI=1S/C26H22N2O7S2/c1-19-14-16-23(17-15-19)37(32,33)35-25-13-6-5-12-24(25)28-26(29)27-20-8-7-9-21(18-20)34-36(30,31)22-10-3-2-4-11-22/h2-18H,1H3,(H2,27,28,29). The molecular formula is C26H22N2O7S2. The molecule has 0 radical (unpaired) electrons. The van der Waals surface area contributed by atoms with Crippen LogP contribution in [-0.4, -0.2) is 22.9 Å². The molecule has 0 spiro atoms. The molecule has 0 aromatic heterocycles. The number of para-hydroxylation sites is 2. The van der Waals surface area contributed by atoms with Crippen LogP contribution in [0.5, 0.6) is 11.5 Å². The lowest BCUT2D eigenvalue weighted by atomic mass is 10.2. The van der Waals surface area contributed by atoms with Crippen molar-refractivity contribution >= 4 is 37.6 Å². The number of hydrogen-bond donors (Lipinski definition) is 2. The van der Waals surface area contributed by atoms with Gasteiger partial charge in [-0.2, -0.15) is 16.8 Å². The van der Waals surface area contributed by atoms with Gasteiger partial charge in [-0.3, -0.25) is 0 Å². The molecular weight excluding hydrogens is 516 g/mol. The fourth-order valence-electron chi connectivity index (χ4n) is 3.19. The maximum absolute atomic E-state index is 12.7. The van der Waals surface area contributed by atoms with E-state index in [9.17, 15) is 21.6 Å². The normalized spacial score (nSPS) is 11.4. The van der Waals surface area contributed by atoms with Gasteiger partial charge in [-0.15, -0.1) is 0 Å². The highest BCUT2D eigenvalue weighted by Crippen LogP contribution is 2.28. The van der Waals surface area contributed by atoms with E-state index in [-0.39, 0.29) is 32.7 Å². The molecule has 190 valence electrons. The van der Waals surface area contributed by atoms with Crippen molar-refractivity contribution in [2.45, 2.75) is 16.7 Å². The highest BCUT2D eigenvalue weighted by Gasteiger charge is 2.20. The molecule has 0 atom stereocenters. The van der Waals surface area contributed by atoms with Gasteiger partial charge in [-0.1, -0.05) is 54.1 Å². The second-order valence-corrected chi connectivity index (χ2v) is 10.9. The fraction of sp³-hybridized carbons (Fsp3) is 0.0385. The summed E-state index contributed by atoms with van der Waals surface area (Å²) in [5.74, 6) is -0.0844. The number of anilines is 2. The zero-order valence-electron chi connectivity index (χ0n) is 19.5. The van der Waals surface area contributed by atoms with Gasteiger partial charge in [0.2, 0.25) is 0 Å². The number of carbonyl (C=O) groups excluding carboxylic acids is 1. The second-order valence-electron chi connectivity index (χ2n) is 7.80. The maximum Gasteiger partial charge on any atom is 0.339 e. The van der Waals surface area contributed by atoms with Gasteiger partial charge in [0.15, 0.2) is 5.75 Å². The van der Waals surface area contributed by atoms with Crippen molar-refractivity contribution in [2.75, 3.05) is 10.6 Å². The number of hydrogen-bond acceptors (Lipinski definition) is 7. The number of carbonyl (C=O) groups is 1. The van der Waals surface area contributed by atoms with E-state index in [1.807, 2.05) is 6.92 Å². The minimum absolute atomic E-state index is 0.00502. The molecule has 0 fully saturated rings. The molecule has 0 heterocycles. The predicted octanol–water partition coefficient (Wildman–Crippen LogP) is 5.17. The molecule has 4 aromatic carbocycles. The van der Waals surface area contributed by atoms with Gasteiger partial charge in [0.1, 0.15) is 15.5 Å². The second kappa shape index (κ2) is 10.7. The lowest BCUT2D eigenvalue weighted by molar-refractivity contribution is 0.262. The number of amides is 2. The number of rotatable bonds is 8. The summed E-state index contributed by atoms with van der Waals surface area (Å²) >= 11 is 0. The van der Waals surface area contributed by atoms with Gasteiger partial charge in [-0.05, 0) is 55.5 Å². The summed E-state index contributed by atoms with van der Waals surface area (Å²) < 4.78 is 60.7. The number of urea groups is 1. The molecule has 0 aliphatic carbocycles. The minimum Gasteiger partial charge on any atom is -0.379 e. The number of nitrogens with one attached hydrogen (secondary N) is 2. The van der Waals surface area contributed by atoms with Crippen LogP contribution in [0, 0.1) is 6.92 Å². The largest absolute Gasteiger partial charge is 0.379 e. The molecule has 0 saturated carbocycles. The van der Waals surface area contributed by atoms with Gasteiger partial charge >= 0.3 is 26.3 Å². The molecule has 0 aliphatic rings. The Hall–Kier alpha value is -4.35. The van der Waals surface area contributed by atoms with Gasteiger partial charge in [-0.25, -0.2) is 4.79 Å². The third kappa shape index (κ3) is 6.66. The predicted molar refractivity (Wildman–Crippen MR) is 139 cm³/mol. The van der Waals surface area contributed by atoms with E-state index in [4.69, 9.17) is 8.37 Å². The van der Waals surface area contributed by atoms with Crippen LogP contribution >= 0.6 is 0 Å². The average Bonchev–Trinajstić information content (AvgIpc) is 2.86. The molecule has 2 N–H and O–H groups in total. The van der Waals surface area contributed by atoms with Gasteiger partial charge in [0, 0.05) is 11.8 Å². The quantitative estimate of drug-likeness (QED) is 0.296. The average molecular weight is 539 g/mol. The Morgan fingerprint density at radius 3 is 2.00 bits per heavy atom. The van der Waals surface area contributed by atoms with E-state index < -0.39 is 26.3 Å². The van der Waals surface area contributed by atoms with E-state index in [2.05, 4.69) is 10.6 Å². The van der Waals surface area contributed by atoms with E-state index in [1.165, 1.54) is 60.7 Å². The van der Waals surface area contributed by atoms with Crippen molar-refractivity contribution in [3.05, 3.63) is 109 Å². The third-order valence-corrected chi connectivity index (χ3v) is 7.48. The Bertz CT molecular complexity index is 1620. The number of benzene rings is 4. The topological polar surface area (TPSA) is 128 Å². The van der Waals surface area contributed by atoms with Crippen molar-refractivity contribution in [3.63, 3.8) is 0 Å². The molecule has 11 heteroatoms. The Morgan fingerprint density at radius 1 is 0.649 bits per heavy atom. The van der Waals surface area contributed by atoms with Crippen molar-refractivity contribution in [1.29, 1.82) is 0 Å². The molecule has 0 saturated heterocycles. The van der Waals surface area contributed by atoms with Gasteiger partial charge in [0.05, 0.1) is 5.69 Å². The molecule has 2 amide bonds.